The highest BCUT2D eigenvalue weighted by Gasteiger charge is 2.17. The van der Waals surface area contributed by atoms with E-state index >= 15 is 0 Å². The van der Waals surface area contributed by atoms with Crippen LogP contribution in [0.5, 0.6) is 0 Å². The average Bonchev–Trinajstić information content (AvgIpc) is 2.42. The van der Waals surface area contributed by atoms with Gasteiger partial charge >= 0.3 is 0 Å². The van der Waals surface area contributed by atoms with E-state index in [-0.39, 0.29) is 0 Å². The van der Waals surface area contributed by atoms with Crippen molar-refractivity contribution in [1.29, 1.82) is 0 Å². The Balaban J connectivity index is 0.000000659. The molecular formula is C15H29N3. The molecule has 3 nitrogen and oxygen atoms in total. The molecule has 0 bridgehead atoms. The summed E-state index contributed by atoms with van der Waals surface area (Å²) >= 11 is 0. The highest BCUT2D eigenvalue weighted by molar-refractivity contribution is 5.30. The molecule has 0 atom stereocenters. The first-order valence-electron chi connectivity index (χ1n) is 7.25. The summed E-state index contributed by atoms with van der Waals surface area (Å²) in [4.78, 5) is 9.04. The fourth-order valence-corrected chi connectivity index (χ4v) is 1.97. The van der Waals surface area contributed by atoms with Gasteiger partial charge in [0.05, 0.1) is 11.4 Å². The van der Waals surface area contributed by atoms with Gasteiger partial charge in [-0.05, 0) is 12.8 Å². The third kappa shape index (κ3) is 4.37. The van der Waals surface area contributed by atoms with E-state index < -0.39 is 0 Å². The van der Waals surface area contributed by atoms with Crippen molar-refractivity contribution in [1.82, 2.24) is 15.3 Å². The Bertz CT molecular complexity index is 346. The highest BCUT2D eigenvalue weighted by atomic mass is 14.9. The van der Waals surface area contributed by atoms with Crippen LogP contribution < -0.4 is 5.32 Å². The topological polar surface area (TPSA) is 37.8 Å². The van der Waals surface area contributed by atoms with Gasteiger partial charge in [0.2, 0.25) is 0 Å². The van der Waals surface area contributed by atoms with Crippen molar-refractivity contribution in [3.63, 3.8) is 0 Å². The molecule has 2 rings (SSSR count). The third-order valence-electron chi connectivity index (χ3n) is 2.62. The molecule has 1 aromatic rings. The number of aryl methyl sites for hydroxylation is 1. The van der Waals surface area contributed by atoms with Crippen LogP contribution in [0, 0.1) is 6.92 Å². The Kier molecular flexibility index (Phi) is 8.55. The number of nitrogens with zero attached hydrogens (tertiary/aromatic N) is 2. The summed E-state index contributed by atoms with van der Waals surface area (Å²) in [5.41, 5.74) is 3.80. The summed E-state index contributed by atoms with van der Waals surface area (Å²) in [6, 6.07) is 0. The minimum atomic E-state index is 0.491. The minimum absolute atomic E-state index is 0.491. The molecule has 104 valence electrons. The zero-order valence-corrected chi connectivity index (χ0v) is 13.1. The molecule has 18 heavy (non-hydrogen) atoms. The molecule has 1 N–H and O–H groups in total. The van der Waals surface area contributed by atoms with Crippen LogP contribution in [0.3, 0.4) is 0 Å². The molecular weight excluding hydrogens is 222 g/mol. The second-order valence-corrected chi connectivity index (χ2v) is 4.16. The lowest BCUT2D eigenvalue weighted by Gasteiger charge is -2.21. The third-order valence-corrected chi connectivity index (χ3v) is 2.62. The molecule has 0 spiro atoms. The molecule has 3 heteroatoms. The second kappa shape index (κ2) is 9.03. The van der Waals surface area contributed by atoms with Crippen LogP contribution in [-0.4, -0.2) is 16.5 Å². The SMILES string of the molecule is CC.CC.Cc1nc2c(c(C(C)C)n1)CNCC2. The van der Waals surface area contributed by atoms with Crippen LogP contribution in [0.15, 0.2) is 0 Å². The molecule has 0 fully saturated rings. The maximum atomic E-state index is 4.53. The summed E-state index contributed by atoms with van der Waals surface area (Å²) < 4.78 is 0. The molecule has 0 amide bonds. The number of nitrogens with one attached hydrogen (secondary N) is 1. The molecule has 1 aliphatic rings. The van der Waals surface area contributed by atoms with Crippen LogP contribution in [0.2, 0.25) is 0 Å². The summed E-state index contributed by atoms with van der Waals surface area (Å²) in [5, 5.41) is 3.38. The van der Waals surface area contributed by atoms with Gasteiger partial charge in [0.25, 0.3) is 0 Å². The van der Waals surface area contributed by atoms with Crippen molar-refractivity contribution >= 4 is 0 Å². The molecule has 0 saturated heterocycles. The van der Waals surface area contributed by atoms with Gasteiger partial charge in [-0.3, -0.25) is 0 Å². The number of hydrogen-bond acceptors (Lipinski definition) is 3. The Labute approximate surface area is 112 Å². The van der Waals surface area contributed by atoms with Crippen LogP contribution in [0.4, 0.5) is 0 Å². The van der Waals surface area contributed by atoms with Gasteiger partial charge in [-0.2, -0.15) is 0 Å². The van der Waals surface area contributed by atoms with E-state index in [1.807, 2.05) is 34.6 Å². The molecule has 2 heterocycles. The monoisotopic (exact) mass is 251 g/mol. The Morgan fingerprint density at radius 1 is 1.06 bits per heavy atom. The number of hydrogen-bond donors (Lipinski definition) is 1. The lowest BCUT2D eigenvalue weighted by Crippen LogP contribution is -2.27. The van der Waals surface area contributed by atoms with E-state index in [2.05, 4.69) is 29.1 Å². The molecule has 0 aliphatic carbocycles. The van der Waals surface area contributed by atoms with Gasteiger partial charge in [0.15, 0.2) is 0 Å². The van der Waals surface area contributed by atoms with E-state index in [9.17, 15) is 0 Å². The van der Waals surface area contributed by atoms with Crippen molar-refractivity contribution in [2.75, 3.05) is 6.54 Å². The molecule has 1 aliphatic heterocycles. The van der Waals surface area contributed by atoms with E-state index in [0.29, 0.717) is 5.92 Å². The first-order chi connectivity index (χ1) is 8.68. The maximum absolute atomic E-state index is 4.53. The lowest BCUT2D eigenvalue weighted by atomic mass is 9.98. The average molecular weight is 251 g/mol. The van der Waals surface area contributed by atoms with E-state index in [1.54, 1.807) is 0 Å². The first kappa shape index (κ1) is 17.0. The molecule has 0 saturated carbocycles. The van der Waals surface area contributed by atoms with Gasteiger partial charge in [-0.1, -0.05) is 41.5 Å². The Morgan fingerprint density at radius 2 is 1.67 bits per heavy atom. The smallest absolute Gasteiger partial charge is 0.125 e. The minimum Gasteiger partial charge on any atom is -0.312 e. The van der Waals surface area contributed by atoms with Gasteiger partial charge in [0, 0.05) is 25.1 Å². The van der Waals surface area contributed by atoms with E-state index in [1.165, 1.54) is 17.0 Å². The van der Waals surface area contributed by atoms with E-state index in [0.717, 1.165) is 25.3 Å². The van der Waals surface area contributed by atoms with Crippen molar-refractivity contribution in [3.8, 4) is 0 Å². The van der Waals surface area contributed by atoms with E-state index in [4.69, 9.17) is 0 Å². The van der Waals surface area contributed by atoms with Crippen molar-refractivity contribution in [3.05, 3.63) is 22.8 Å². The van der Waals surface area contributed by atoms with Crippen molar-refractivity contribution in [2.24, 2.45) is 0 Å². The fourth-order valence-electron chi connectivity index (χ4n) is 1.97. The van der Waals surface area contributed by atoms with Crippen molar-refractivity contribution < 1.29 is 0 Å². The number of fused-ring (bicyclic) bond motifs is 1. The predicted octanol–water partition coefficient (Wildman–Crippen LogP) is 3.61. The Hall–Kier alpha value is -0.960. The van der Waals surface area contributed by atoms with Gasteiger partial charge in [-0.15, -0.1) is 0 Å². The highest BCUT2D eigenvalue weighted by Crippen LogP contribution is 2.21. The van der Waals surface area contributed by atoms with Crippen LogP contribution >= 0.6 is 0 Å². The first-order valence-corrected chi connectivity index (χ1v) is 7.25. The van der Waals surface area contributed by atoms with Crippen molar-refractivity contribution in [2.45, 2.75) is 67.3 Å². The second-order valence-electron chi connectivity index (χ2n) is 4.16. The Morgan fingerprint density at radius 3 is 2.22 bits per heavy atom. The van der Waals surface area contributed by atoms with Crippen LogP contribution in [0.25, 0.3) is 0 Å². The molecule has 0 unspecified atom stereocenters. The zero-order chi connectivity index (χ0) is 14.1. The van der Waals surface area contributed by atoms with Gasteiger partial charge in [-0.25, -0.2) is 9.97 Å². The lowest BCUT2D eigenvalue weighted by molar-refractivity contribution is 0.604. The summed E-state index contributed by atoms with van der Waals surface area (Å²) in [6.45, 7) is 16.3. The van der Waals surface area contributed by atoms with Gasteiger partial charge in [0.1, 0.15) is 5.82 Å². The predicted molar refractivity (Wildman–Crippen MR) is 79.0 cm³/mol. The molecule has 0 aromatic carbocycles. The maximum Gasteiger partial charge on any atom is 0.125 e. The quantitative estimate of drug-likeness (QED) is 0.828. The largest absolute Gasteiger partial charge is 0.312 e. The number of aromatic nitrogens is 2. The molecule has 0 radical (unpaired) electrons. The summed E-state index contributed by atoms with van der Waals surface area (Å²) in [6.07, 6.45) is 1.04. The van der Waals surface area contributed by atoms with Crippen LogP contribution in [-0.2, 0) is 13.0 Å². The standard InChI is InChI=1S/C11H17N3.2C2H6/c1-7(2)11-9-6-12-5-4-10(9)13-8(3)14-11;2*1-2/h7,12H,4-6H2,1-3H3;2*1-2H3. The number of rotatable bonds is 1. The van der Waals surface area contributed by atoms with Gasteiger partial charge < -0.3 is 5.32 Å². The summed E-state index contributed by atoms with van der Waals surface area (Å²) in [5.74, 6) is 1.40. The zero-order valence-electron chi connectivity index (χ0n) is 13.1. The molecule has 1 aromatic heterocycles. The fraction of sp³-hybridized carbons (Fsp3) is 0.733. The van der Waals surface area contributed by atoms with Crippen LogP contribution in [0.1, 0.15) is 70.2 Å². The summed E-state index contributed by atoms with van der Waals surface area (Å²) in [7, 11) is 0. The normalized spacial score (nSPS) is 12.9.